The second kappa shape index (κ2) is 2.64. The van der Waals surface area contributed by atoms with E-state index in [9.17, 15) is 0 Å². The molecule has 0 saturated carbocycles. The van der Waals surface area contributed by atoms with Gasteiger partial charge in [0.05, 0.1) is 0 Å². The highest BCUT2D eigenvalue weighted by Gasteiger charge is 2.37. The third-order valence-corrected chi connectivity index (χ3v) is 5.31. The first-order chi connectivity index (χ1) is 5.93. The van der Waals surface area contributed by atoms with Gasteiger partial charge >= 0.3 is 0 Å². The zero-order valence-electron chi connectivity index (χ0n) is 6.64. The second-order valence-corrected chi connectivity index (χ2v) is 5.76. The maximum atomic E-state index is 2.41. The number of rotatable bonds is 1. The van der Waals surface area contributed by atoms with E-state index < -0.39 is 0 Å². The minimum absolute atomic E-state index is 0.778. The van der Waals surface area contributed by atoms with Crippen molar-refractivity contribution in [2.75, 3.05) is 0 Å². The van der Waals surface area contributed by atoms with Crippen LogP contribution in [0, 0.1) is 5.92 Å². The minimum Gasteiger partial charge on any atom is -0.148 e. The van der Waals surface area contributed by atoms with E-state index in [0.717, 1.165) is 16.4 Å². The van der Waals surface area contributed by atoms with Crippen LogP contribution in [0.15, 0.2) is 29.7 Å². The van der Waals surface area contributed by atoms with Gasteiger partial charge in [-0.3, -0.25) is 0 Å². The summed E-state index contributed by atoms with van der Waals surface area (Å²) >= 11 is 4.05. The molecule has 1 aliphatic carbocycles. The molecular weight excluding hydrogens is 184 g/mol. The molecule has 0 amide bonds. The molecule has 1 aromatic rings. The van der Waals surface area contributed by atoms with Gasteiger partial charge in [0.1, 0.15) is 0 Å². The Balaban J connectivity index is 1.92. The molecule has 2 heterocycles. The largest absolute Gasteiger partial charge is 0.148 e. The lowest BCUT2D eigenvalue weighted by Crippen LogP contribution is -1.98. The van der Waals surface area contributed by atoms with Crippen molar-refractivity contribution >= 4 is 23.1 Å². The van der Waals surface area contributed by atoms with E-state index in [1.165, 1.54) is 6.42 Å². The molecular formula is C10H10S2. The predicted molar refractivity (Wildman–Crippen MR) is 55.7 cm³/mol. The van der Waals surface area contributed by atoms with E-state index in [-0.39, 0.29) is 0 Å². The summed E-state index contributed by atoms with van der Waals surface area (Å²) in [5.74, 6) is 0.832. The molecule has 1 saturated heterocycles. The molecule has 0 radical (unpaired) electrons. The van der Waals surface area contributed by atoms with Crippen molar-refractivity contribution < 1.29 is 0 Å². The van der Waals surface area contributed by atoms with Crippen LogP contribution in [-0.2, 0) is 0 Å². The van der Waals surface area contributed by atoms with Gasteiger partial charge in [0, 0.05) is 15.4 Å². The fourth-order valence-electron chi connectivity index (χ4n) is 2.04. The number of allylic oxidation sites excluding steroid dienone is 1. The highest BCUT2D eigenvalue weighted by atomic mass is 32.2. The fraction of sp³-hybridized carbons (Fsp3) is 0.400. The van der Waals surface area contributed by atoms with Crippen LogP contribution in [0.2, 0.25) is 0 Å². The van der Waals surface area contributed by atoms with E-state index in [0.29, 0.717) is 0 Å². The van der Waals surface area contributed by atoms with Crippen LogP contribution in [0.3, 0.4) is 0 Å². The molecule has 3 rings (SSSR count). The fourth-order valence-corrected chi connectivity index (χ4v) is 4.66. The lowest BCUT2D eigenvalue weighted by Gasteiger charge is -2.15. The van der Waals surface area contributed by atoms with Crippen LogP contribution in [0.25, 0.3) is 0 Å². The Morgan fingerprint density at radius 2 is 2.33 bits per heavy atom. The first kappa shape index (κ1) is 7.22. The Labute approximate surface area is 80.7 Å². The predicted octanol–water partition coefficient (Wildman–Crippen LogP) is 3.48. The first-order valence-corrected chi connectivity index (χ1v) is 6.13. The molecule has 0 aromatic carbocycles. The molecule has 0 nitrogen and oxygen atoms in total. The number of thioether (sulfide) groups is 1. The molecule has 2 bridgehead atoms. The summed E-state index contributed by atoms with van der Waals surface area (Å²) < 4.78 is 0. The lowest BCUT2D eigenvalue weighted by atomic mass is 10.0. The molecule has 2 aliphatic rings. The van der Waals surface area contributed by atoms with Gasteiger partial charge in [-0.05, 0) is 23.8 Å². The number of hydrogen-bond donors (Lipinski definition) is 0. The zero-order valence-corrected chi connectivity index (χ0v) is 8.28. The first-order valence-electron chi connectivity index (χ1n) is 4.31. The van der Waals surface area contributed by atoms with E-state index in [1.807, 2.05) is 11.3 Å². The van der Waals surface area contributed by atoms with Crippen LogP contribution in [0.1, 0.15) is 16.5 Å². The van der Waals surface area contributed by atoms with Gasteiger partial charge in [0.15, 0.2) is 0 Å². The summed E-state index contributed by atoms with van der Waals surface area (Å²) in [5, 5.41) is 3.79. The average molecular weight is 194 g/mol. The highest BCUT2D eigenvalue weighted by Crippen LogP contribution is 2.54. The molecule has 1 aliphatic heterocycles. The van der Waals surface area contributed by atoms with Crippen molar-refractivity contribution in [1.82, 2.24) is 0 Å². The average Bonchev–Trinajstić information content (AvgIpc) is 2.81. The summed E-state index contributed by atoms with van der Waals surface area (Å²) in [5.41, 5.74) is 0. The topological polar surface area (TPSA) is 0 Å². The van der Waals surface area contributed by atoms with E-state index in [1.54, 1.807) is 4.88 Å². The van der Waals surface area contributed by atoms with Gasteiger partial charge in [-0.25, -0.2) is 0 Å². The Morgan fingerprint density at radius 1 is 1.33 bits per heavy atom. The molecule has 3 atom stereocenters. The second-order valence-electron chi connectivity index (χ2n) is 3.40. The van der Waals surface area contributed by atoms with Crippen LogP contribution < -0.4 is 0 Å². The number of hydrogen-bond acceptors (Lipinski definition) is 2. The Hall–Kier alpha value is -0.210. The van der Waals surface area contributed by atoms with Crippen molar-refractivity contribution in [3.05, 3.63) is 34.5 Å². The molecule has 12 heavy (non-hydrogen) atoms. The quantitative estimate of drug-likeness (QED) is 0.617. The summed E-state index contributed by atoms with van der Waals surface area (Å²) in [6.45, 7) is 0. The smallest absolute Gasteiger partial charge is 0.0460 e. The molecule has 0 spiro atoms. The van der Waals surface area contributed by atoms with Crippen molar-refractivity contribution in [2.24, 2.45) is 5.92 Å². The standard InChI is InChI=1S/C10H10S2/c1-2-9(11-5-1)10-7-3-4-8(6-7)12-10/h1-5,7-8,10H,6H2/t7-,8+,10+/m0/s1. The molecule has 1 aromatic heterocycles. The third-order valence-electron chi connectivity index (χ3n) is 2.61. The van der Waals surface area contributed by atoms with Crippen LogP contribution in [0.5, 0.6) is 0 Å². The van der Waals surface area contributed by atoms with E-state index in [4.69, 9.17) is 0 Å². The summed E-state index contributed by atoms with van der Waals surface area (Å²) in [7, 11) is 0. The molecule has 2 heteroatoms. The molecule has 0 N–H and O–H groups in total. The normalized spacial score (nSPS) is 37.8. The maximum absolute atomic E-state index is 2.41. The maximum Gasteiger partial charge on any atom is 0.0460 e. The lowest BCUT2D eigenvalue weighted by molar-refractivity contribution is 0.665. The van der Waals surface area contributed by atoms with Gasteiger partial charge in [-0.1, -0.05) is 18.2 Å². The van der Waals surface area contributed by atoms with Crippen molar-refractivity contribution in [2.45, 2.75) is 16.9 Å². The molecule has 1 fully saturated rings. The SMILES string of the molecule is C1=C[C@H]2C[C@@H]1S[C@H]2c1cccs1. The van der Waals surface area contributed by atoms with E-state index in [2.05, 4.69) is 41.4 Å². The van der Waals surface area contributed by atoms with Gasteiger partial charge < -0.3 is 0 Å². The number of fused-ring (bicyclic) bond motifs is 2. The van der Waals surface area contributed by atoms with Crippen LogP contribution in [0.4, 0.5) is 0 Å². The molecule has 62 valence electrons. The Bertz CT molecular complexity index is 300. The summed E-state index contributed by atoms with van der Waals surface area (Å²) in [4.78, 5) is 1.57. The minimum atomic E-state index is 0.778. The van der Waals surface area contributed by atoms with Crippen molar-refractivity contribution in [3.63, 3.8) is 0 Å². The van der Waals surface area contributed by atoms with Gasteiger partial charge in [-0.15, -0.1) is 23.1 Å². The molecule has 0 unspecified atom stereocenters. The zero-order chi connectivity index (χ0) is 7.97. The van der Waals surface area contributed by atoms with Crippen LogP contribution in [-0.4, -0.2) is 5.25 Å². The monoisotopic (exact) mass is 194 g/mol. The van der Waals surface area contributed by atoms with Gasteiger partial charge in [0.25, 0.3) is 0 Å². The van der Waals surface area contributed by atoms with Gasteiger partial charge in [-0.2, -0.15) is 0 Å². The summed E-state index contributed by atoms with van der Waals surface area (Å²) in [6.07, 6.45) is 6.16. The third kappa shape index (κ3) is 0.979. The van der Waals surface area contributed by atoms with Crippen LogP contribution >= 0.6 is 23.1 Å². The summed E-state index contributed by atoms with van der Waals surface area (Å²) in [6, 6.07) is 4.44. The van der Waals surface area contributed by atoms with Crippen molar-refractivity contribution in [1.29, 1.82) is 0 Å². The Kier molecular flexibility index (Phi) is 1.59. The Morgan fingerprint density at radius 3 is 2.92 bits per heavy atom. The van der Waals surface area contributed by atoms with Crippen molar-refractivity contribution in [3.8, 4) is 0 Å². The van der Waals surface area contributed by atoms with E-state index >= 15 is 0 Å². The highest BCUT2D eigenvalue weighted by molar-refractivity contribution is 8.00. The van der Waals surface area contributed by atoms with Gasteiger partial charge in [0.2, 0.25) is 0 Å². The number of thiophene rings is 1.